The number of benzene rings is 2. The third kappa shape index (κ3) is 3.56. The normalized spacial score (nSPS) is 12.1. The molecule has 25 heavy (non-hydrogen) atoms. The summed E-state index contributed by atoms with van der Waals surface area (Å²) in [5.74, 6) is 0. The number of hydrogen-bond acceptors (Lipinski definition) is 1. The van der Waals surface area contributed by atoms with Gasteiger partial charge in [-0.2, -0.15) is 0 Å². The minimum absolute atomic E-state index is 0.126. The molecule has 0 amide bonds. The van der Waals surface area contributed by atoms with Crippen molar-refractivity contribution in [2.45, 2.75) is 26.0 Å². The second-order valence-electron chi connectivity index (χ2n) is 8.25. The summed E-state index contributed by atoms with van der Waals surface area (Å²) in [4.78, 5) is 4.64. The molecule has 0 N–H and O–H groups in total. The molecule has 0 aliphatic carbocycles. The second-order valence-corrected chi connectivity index (χ2v) is 8.25. The van der Waals surface area contributed by atoms with E-state index in [2.05, 4.69) is 90.0 Å². The van der Waals surface area contributed by atoms with E-state index in [0.29, 0.717) is 0 Å². The van der Waals surface area contributed by atoms with E-state index in [1.165, 1.54) is 11.1 Å². The maximum Gasteiger partial charge on any atom is 0.105 e. The summed E-state index contributed by atoms with van der Waals surface area (Å²) >= 11 is 0. The van der Waals surface area contributed by atoms with Crippen molar-refractivity contribution in [3.63, 3.8) is 0 Å². The molecular weight excluding hydrogens is 300 g/mol. The van der Waals surface area contributed by atoms with Crippen LogP contribution < -0.4 is 0 Å². The summed E-state index contributed by atoms with van der Waals surface area (Å²) in [6.07, 6.45) is 1.96. The fraction of sp³-hybridized carbons (Fsp3) is 0.227. The van der Waals surface area contributed by atoms with Crippen LogP contribution in [0.3, 0.4) is 0 Å². The monoisotopic (exact) mass is 325 g/mol. The zero-order valence-electron chi connectivity index (χ0n) is 15.9. The lowest BCUT2D eigenvalue weighted by Gasteiger charge is -2.40. The van der Waals surface area contributed by atoms with Gasteiger partial charge in [0.15, 0.2) is 0 Å². The molecule has 0 saturated heterocycles. The van der Waals surface area contributed by atoms with Crippen molar-refractivity contribution < 1.29 is 0 Å². The molecule has 1 heterocycles. The zero-order valence-corrected chi connectivity index (χ0v) is 15.9. The summed E-state index contributed by atoms with van der Waals surface area (Å²) in [7, 11) is 4.64. The van der Waals surface area contributed by atoms with Gasteiger partial charge in [0.05, 0.1) is 5.69 Å². The first-order valence-corrected chi connectivity index (χ1v) is 8.91. The van der Waals surface area contributed by atoms with Gasteiger partial charge in [-0.1, -0.05) is 92.2 Å². The highest BCUT2D eigenvalue weighted by Gasteiger charge is 2.33. The molecule has 1 nitrogen and oxygen atoms in total. The predicted molar refractivity (Wildman–Crippen MR) is 113 cm³/mol. The average Bonchev–Trinajstić information content (AvgIpc) is 2.62. The maximum absolute atomic E-state index is 4.64. The zero-order chi connectivity index (χ0) is 18.1. The topological polar surface area (TPSA) is 12.9 Å². The Morgan fingerprint density at radius 1 is 0.680 bits per heavy atom. The molecule has 0 aliphatic heterocycles. The predicted octanol–water partition coefficient (Wildman–Crippen LogP) is 3.88. The average molecular weight is 325 g/mol. The summed E-state index contributed by atoms with van der Waals surface area (Å²) in [5, 5.41) is 0.126. The van der Waals surface area contributed by atoms with Crippen LogP contribution >= 0.6 is 0 Å². The second kappa shape index (κ2) is 6.55. The van der Waals surface area contributed by atoms with Crippen molar-refractivity contribution in [3.05, 3.63) is 78.5 Å². The molecule has 0 unspecified atom stereocenters. The van der Waals surface area contributed by atoms with Gasteiger partial charge in [-0.15, -0.1) is 0 Å². The third-order valence-corrected chi connectivity index (χ3v) is 5.65. The molecule has 1 aromatic heterocycles. The third-order valence-electron chi connectivity index (χ3n) is 5.65. The van der Waals surface area contributed by atoms with Gasteiger partial charge in [0.25, 0.3) is 0 Å². The van der Waals surface area contributed by atoms with E-state index in [1.54, 1.807) is 0 Å². The Balaban J connectivity index is 1.86. The Kier molecular flexibility index (Phi) is 4.60. The number of nitrogens with zero attached hydrogens (tertiary/aromatic N) is 1. The van der Waals surface area contributed by atoms with Crippen LogP contribution in [0, 0.1) is 5.41 Å². The Morgan fingerprint density at radius 2 is 1.28 bits per heavy atom. The van der Waals surface area contributed by atoms with Gasteiger partial charge < -0.3 is 0 Å². The molecule has 0 fully saturated rings. The smallest absolute Gasteiger partial charge is 0.105 e. The lowest BCUT2D eigenvalue weighted by atomic mass is 9.41. The summed E-state index contributed by atoms with van der Waals surface area (Å²) < 4.78 is 0. The molecular formula is C22H25B2N. The maximum atomic E-state index is 4.64. The van der Waals surface area contributed by atoms with Crippen molar-refractivity contribution in [1.82, 2.24) is 4.98 Å². The van der Waals surface area contributed by atoms with Crippen LogP contribution in [0.5, 0.6) is 0 Å². The summed E-state index contributed by atoms with van der Waals surface area (Å²) in [5.41, 5.74) is 6.11. The molecule has 0 saturated carbocycles. The van der Waals surface area contributed by atoms with Gasteiger partial charge in [-0.3, -0.25) is 4.98 Å². The molecule has 3 rings (SSSR count). The quantitative estimate of drug-likeness (QED) is 0.666. The van der Waals surface area contributed by atoms with E-state index in [-0.39, 0.29) is 10.6 Å². The van der Waals surface area contributed by atoms with Crippen molar-refractivity contribution >= 4 is 15.7 Å². The highest BCUT2D eigenvalue weighted by atomic mass is 14.7. The van der Waals surface area contributed by atoms with Gasteiger partial charge in [0.1, 0.15) is 15.7 Å². The van der Waals surface area contributed by atoms with E-state index < -0.39 is 0 Å². The fourth-order valence-corrected chi connectivity index (χ4v) is 2.86. The minimum atomic E-state index is 0.126. The van der Waals surface area contributed by atoms with Crippen molar-refractivity contribution in [2.24, 2.45) is 5.41 Å². The highest BCUT2D eigenvalue weighted by molar-refractivity contribution is 6.40. The Morgan fingerprint density at radius 3 is 1.80 bits per heavy atom. The van der Waals surface area contributed by atoms with Crippen LogP contribution in [0.4, 0.5) is 0 Å². The van der Waals surface area contributed by atoms with E-state index in [9.17, 15) is 0 Å². The first-order valence-electron chi connectivity index (χ1n) is 8.91. The number of aromatic nitrogens is 1. The van der Waals surface area contributed by atoms with E-state index >= 15 is 0 Å². The molecule has 0 aliphatic rings. The molecule has 3 heteroatoms. The molecule has 0 spiro atoms. The first kappa shape index (κ1) is 17.5. The highest BCUT2D eigenvalue weighted by Crippen LogP contribution is 2.36. The molecule has 0 atom stereocenters. The van der Waals surface area contributed by atoms with E-state index in [0.717, 1.165) is 16.8 Å². The number of hydrogen-bond donors (Lipinski definition) is 0. The molecule has 0 radical (unpaired) electrons. The van der Waals surface area contributed by atoms with E-state index in [4.69, 9.17) is 0 Å². The lowest BCUT2D eigenvalue weighted by Crippen LogP contribution is -2.41. The molecule has 124 valence electrons. The van der Waals surface area contributed by atoms with Gasteiger partial charge in [-0.25, -0.2) is 0 Å². The van der Waals surface area contributed by atoms with Gasteiger partial charge >= 0.3 is 0 Å². The standard InChI is InChI=1S/C22H25B2N/c1-21(2,3)22(23,24)19-12-9-16(10-13-19)18-11-14-20(25-15-18)17-7-5-4-6-8-17/h4-15H,23-24H2,1-3H3. The van der Waals surface area contributed by atoms with Crippen LogP contribution in [0.1, 0.15) is 26.3 Å². The lowest BCUT2D eigenvalue weighted by molar-refractivity contribution is 0.358. The summed E-state index contributed by atoms with van der Waals surface area (Å²) in [6.45, 7) is 6.90. The van der Waals surface area contributed by atoms with Crippen molar-refractivity contribution in [1.29, 1.82) is 0 Å². The van der Waals surface area contributed by atoms with Crippen LogP contribution in [-0.2, 0) is 5.21 Å². The van der Waals surface area contributed by atoms with Crippen molar-refractivity contribution in [2.75, 3.05) is 0 Å². The van der Waals surface area contributed by atoms with Crippen LogP contribution in [0.15, 0.2) is 72.9 Å². The Hall–Kier alpha value is -2.28. The van der Waals surface area contributed by atoms with E-state index in [1.807, 2.05) is 24.4 Å². The fourth-order valence-electron chi connectivity index (χ4n) is 2.86. The minimum Gasteiger partial charge on any atom is -0.256 e. The van der Waals surface area contributed by atoms with Gasteiger partial charge in [0, 0.05) is 17.3 Å². The van der Waals surface area contributed by atoms with Crippen molar-refractivity contribution in [3.8, 4) is 22.4 Å². The Labute approximate surface area is 153 Å². The first-order chi connectivity index (χ1) is 11.8. The SMILES string of the molecule is BC(B)(c1ccc(-c2ccc(-c3ccccc3)nc2)cc1)C(C)(C)C. The van der Waals surface area contributed by atoms with Gasteiger partial charge in [0.2, 0.25) is 0 Å². The van der Waals surface area contributed by atoms with Crippen LogP contribution in [0.25, 0.3) is 22.4 Å². The van der Waals surface area contributed by atoms with Gasteiger partial charge in [-0.05, 0) is 17.0 Å². The molecule has 3 aromatic rings. The van der Waals surface area contributed by atoms with Crippen LogP contribution in [-0.4, -0.2) is 20.7 Å². The number of pyridine rings is 1. The largest absolute Gasteiger partial charge is 0.256 e. The van der Waals surface area contributed by atoms with Crippen LogP contribution in [0.2, 0.25) is 0 Å². The molecule has 0 bridgehead atoms. The molecule has 2 aromatic carbocycles. The summed E-state index contributed by atoms with van der Waals surface area (Å²) in [6, 6.07) is 23.5. The Bertz CT molecular complexity index is 830. The number of rotatable bonds is 3.